The fraction of sp³-hybridized carbons (Fsp3) is 0.879. The molecule has 0 heterocycles. The summed E-state index contributed by atoms with van der Waals surface area (Å²) in [6.45, 7) is 18.3. The molecule has 0 bridgehead atoms. The Morgan fingerprint density at radius 1 is 0.842 bits per heavy atom. The second kappa shape index (κ2) is 9.63. The minimum absolute atomic E-state index is 0.00651. The molecule has 0 spiro atoms. The molecule has 1 N–H and O–H groups in total. The van der Waals surface area contributed by atoms with Gasteiger partial charge in [0.05, 0.1) is 12.7 Å². The van der Waals surface area contributed by atoms with Crippen LogP contribution in [-0.4, -0.2) is 36.4 Å². The second-order valence-corrected chi connectivity index (χ2v) is 14.9. The highest BCUT2D eigenvalue weighted by Gasteiger charge is 2.70. The first-order valence-electron chi connectivity index (χ1n) is 15.4. The molecule has 5 rings (SSSR count). The third-order valence-electron chi connectivity index (χ3n) is 13.7. The SMILES string of the molecule is C=C(COC(C)=O)C1CC[C@]2(COC(C)=O)CC[C@]3(C)C(CCC4[C@@]5(C)CC[C@H](O)[C@H](C)C5CC[C@]43C)C12. The normalized spacial score (nSPS) is 49.6. The van der Waals surface area contributed by atoms with Gasteiger partial charge >= 0.3 is 11.9 Å². The average Bonchev–Trinajstić information content (AvgIpc) is 3.24. The summed E-state index contributed by atoms with van der Waals surface area (Å²) in [5, 5.41) is 10.7. The number of hydrogen-bond acceptors (Lipinski definition) is 5. The predicted octanol–water partition coefficient (Wildman–Crippen LogP) is 6.72. The third-order valence-corrected chi connectivity index (χ3v) is 13.7. The van der Waals surface area contributed by atoms with Crippen molar-refractivity contribution in [3.05, 3.63) is 12.2 Å². The van der Waals surface area contributed by atoms with Crippen molar-refractivity contribution in [1.82, 2.24) is 0 Å². The van der Waals surface area contributed by atoms with E-state index in [0.717, 1.165) is 37.7 Å². The van der Waals surface area contributed by atoms with Crippen LogP contribution in [-0.2, 0) is 19.1 Å². The summed E-state index contributed by atoms with van der Waals surface area (Å²) in [7, 11) is 0. The van der Waals surface area contributed by atoms with Crippen molar-refractivity contribution in [3.8, 4) is 0 Å². The maximum atomic E-state index is 12.0. The number of carbonyl (C=O) groups excluding carboxylic acids is 2. The molecule has 5 fully saturated rings. The summed E-state index contributed by atoms with van der Waals surface area (Å²) in [6, 6.07) is 0. The summed E-state index contributed by atoms with van der Waals surface area (Å²) in [5.41, 5.74) is 1.78. The van der Waals surface area contributed by atoms with Crippen LogP contribution in [0.5, 0.6) is 0 Å². The minimum atomic E-state index is -0.256. The Bertz CT molecular complexity index is 974. The number of aliphatic hydroxyl groups is 1. The number of esters is 2. The fourth-order valence-electron chi connectivity index (χ4n) is 11.6. The van der Waals surface area contributed by atoms with Gasteiger partial charge in [-0.15, -0.1) is 0 Å². The van der Waals surface area contributed by atoms with Crippen LogP contribution in [0.2, 0.25) is 0 Å². The van der Waals surface area contributed by atoms with Crippen LogP contribution in [0, 0.1) is 57.2 Å². The largest absolute Gasteiger partial charge is 0.465 e. The molecule has 11 atom stereocenters. The lowest BCUT2D eigenvalue weighted by Crippen LogP contribution is -2.65. The monoisotopic (exact) mass is 528 g/mol. The third kappa shape index (κ3) is 4.03. The Labute approximate surface area is 230 Å². The first-order valence-corrected chi connectivity index (χ1v) is 15.4. The molecule has 0 radical (unpaired) electrons. The summed E-state index contributed by atoms with van der Waals surface area (Å²) in [4.78, 5) is 23.6. The Balaban J connectivity index is 1.50. The van der Waals surface area contributed by atoms with E-state index in [-0.39, 0.29) is 34.3 Å². The molecular weight excluding hydrogens is 476 g/mol. The number of rotatable bonds is 5. The first kappa shape index (κ1) is 28.2. The van der Waals surface area contributed by atoms with Gasteiger partial charge in [0.25, 0.3) is 0 Å². The molecule has 0 saturated heterocycles. The summed E-state index contributed by atoms with van der Waals surface area (Å²) in [5.74, 6) is 2.47. The van der Waals surface area contributed by atoms with E-state index in [0.29, 0.717) is 54.1 Å². The van der Waals surface area contributed by atoms with Gasteiger partial charge in [0.1, 0.15) is 6.61 Å². The van der Waals surface area contributed by atoms with Crippen LogP contribution in [0.25, 0.3) is 0 Å². The van der Waals surface area contributed by atoms with E-state index >= 15 is 0 Å². The predicted molar refractivity (Wildman–Crippen MR) is 148 cm³/mol. The second-order valence-electron chi connectivity index (χ2n) is 14.9. The highest BCUT2D eigenvalue weighted by atomic mass is 16.5. The van der Waals surface area contributed by atoms with Crippen molar-refractivity contribution in [2.24, 2.45) is 57.2 Å². The van der Waals surface area contributed by atoms with Gasteiger partial charge in [0.15, 0.2) is 0 Å². The molecule has 5 aliphatic carbocycles. The number of carbonyl (C=O) groups is 2. The van der Waals surface area contributed by atoms with E-state index in [1.165, 1.54) is 46.0 Å². The Morgan fingerprint density at radius 2 is 1.55 bits per heavy atom. The van der Waals surface area contributed by atoms with E-state index in [1.54, 1.807) is 0 Å². The van der Waals surface area contributed by atoms with Gasteiger partial charge in [0, 0.05) is 19.3 Å². The smallest absolute Gasteiger partial charge is 0.302 e. The summed E-state index contributed by atoms with van der Waals surface area (Å²) in [6.07, 6.45) is 11.2. The van der Waals surface area contributed by atoms with Gasteiger partial charge in [-0.2, -0.15) is 0 Å². The molecule has 0 aromatic carbocycles. The maximum absolute atomic E-state index is 12.0. The van der Waals surface area contributed by atoms with Crippen LogP contribution >= 0.6 is 0 Å². The lowest BCUT2D eigenvalue weighted by atomic mass is 9.33. The minimum Gasteiger partial charge on any atom is -0.465 e. The van der Waals surface area contributed by atoms with E-state index in [9.17, 15) is 14.7 Å². The number of hydrogen-bond donors (Lipinski definition) is 1. The molecule has 0 aromatic heterocycles. The van der Waals surface area contributed by atoms with E-state index in [2.05, 4.69) is 34.3 Å². The van der Waals surface area contributed by atoms with Gasteiger partial charge in [-0.1, -0.05) is 34.3 Å². The molecule has 5 saturated carbocycles. The van der Waals surface area contributed by atoms with Crippen molar-refractivity contribution in [2.45, 2.75) is 112 Å². The number of fused-ring (bicyclic) bond motifs is 7. The molecule has 5 nitrogen and oxygen atoms in total. The molecule has 38 heavy (non-hydrogen) atoms. The summed E-state index contributed by atoms with van der Waals surface area (Å²) >= 11 is 0. The standard InChI is InChI=1S/C33H52O5/c1-20(18-37-22(3)34)24-10-15-33(19-38-23(4)35)17-16-31(6)26(29(24)33)8-9-28-30(5)13-12-27(36)21(2)25(30)11-14-32(28,31)7/h21,24-29,36H,1,8-19H2,2-7H3/t21-,24?,25?,26?,27+,28?,29?,30+,31-,32-,33-/m1/s1. The van der Waals surface area contributed by atoms with Gasteiger partial charge in [-0.3, -0.25) is 9.59 Å². The van der Waals surface area contributed by atoms with Crippen LogP contribution in [0.4, 0.5) is 0 Å². The van der Waals surface area contributed by atoms with Crippen molar-refractivity contribution in [3.63, 3.8) is 0 Å². The molecule has 0 aliphatic heterocycles. The molecule has 5 aliphatic rings. The topological polar surface area (TPSA) is 72.8 Å². The van der Waals surface area contributed by atoms with Gasteiger partial charge in [-0.25, -0.2) is 0 Å². The van der Waals surface area contributed by atoms with Gasteiger partial charge in [-0.05, 0) is 122 Å². The van der Waals surface area contributed by atoms with Gasteiger partial charge in [0.2, 0.25) is 0 Å². The van der Waals surface area contributed by atoms with E-state index in [1.807, 2.05) is 0 Å². The fourth-order valence-corrected chi connectivity index (χ4v) is 11.6. The average molecular weight is 529 g/mol. The van der Waals surface area contributed by atoms with Crippen LogP contribution in [0.15, 0.2) is 12.2 Å². The maximum Gasteiger partial charge on any atom is 0.302 e. The molecule has 5 unspecified atom stereocenters. The van der Waals surface area contributed by atoms with Crippen molar-refractivity contribution in [1.29, 1.82) is 0 Å². The van der Waals surface area contributed by atoms with Crippen molar-refractivity contribution < 1.29 is 24.2 Å². The Kier molecular flexibility index (Phi) is 7.14. The van der Waals surface area contributed by atoms with Crippen molar-refractivity contribution in [2.75, 3.05) is 13.2 Å². The van der Waals surface area contributed by atoms with Crippen LogP contribution in [0.1, 0.15) is 106 Å². The first-order chi connectivity index (χ1) is 17.8. The number of aliphatic hydroxyl groups excluding tert-OH is 1. The van der Waals surface area contributed by atoms with Gasteiger partial charge < -0.3 is 14.6 Å². The zero-order valence-electron chi connectivity index (χ0n) is 24.8. The molecular formula is C33H52O5. The summed E-state index contributed by atoms with van der Waals surface area (Å²) < 4.78 is 11.2. The zero-order valence-corrected chi connectivity index (χ0v) is 24.8. The highest BCUT2D eigenvalue weighted by Crippen LogP contribution is 2.76. The van der Waals surface area contributed by atoms with E-state index < -0.39 is 0 Å². The molecule has 214 valence electrons. The zero-order chi connectivity index (χ0) is 27.7. The lowest BCUT2D eigenvalue weighted by molar-refractivity contribution is -0.238. The van der Waals surface area contributed by atoms with E-state index in [4.69, 9.17) is 9.47 Å². The van der Waals surface area contributed by atoms with Crippen LogP contribution < -0.4 is 0 Å². The van der Waals surface area contributed by atoms with Crippen LogP contribution in [0.3, 0.4) is 0 Å². The molecule has 0 aromatic rings. The Morgan fingerprint density at radius 3 is 2.24 bits per heavy atom. The highest BCUT2D eigenvalue weighted by molar-refractivity contribution is 5.66. The molecule has 5 heteroatoms. The van der Waals surface area contributed by atoms with Crippen molar-refractivity contribution >= 4 is 11.9 Å². The lowest BCUT2D eigenvalue weighted by Gasteiger charge is -2.72. The quantitative estimate of drug-likeness (QED) is 0.317. The molecule has 0 amide bonds. The number of ether oxygens (including phenoxy) is 2. The Hall–Kier alpha value is -1.36.